The lowest BCUT2D eigenvalue weighted by Gasteiger charge is -2.29. The Morgan fingerprint density at radius 3 is 1.97 bits per heavy atom. The van der Waals surface area contributed by atoms with E-state index in [1.54, 1.807) is 0 Å². The third-order valence-electron chi connectivity index (χ3n) is 4.09. The molecule has 182 valence electrons. The first-order valence-corrected chi connectivity index (χ1v) is 11.2. The molecule has 8 nitrogen and oxygen atoms in total. The van der Waals surface area contributed by atoms with Crippen LogP contribution in [0.3, 0.4) is 0 Å². The first-order valence-electron chi connectivity index (χ1n) is 8.31. The summed E-state index contributed by atoms with van der Waals surface area (Å²) < 4.78 is 139. The second kappa shape index (κ2) is 8.18. The molecule has 0 bridgehead atoms. The van der Waals surface area contributed by atoms with Crippen LogP contribution in [0, 0.1) is 0 Å². The number of benzene rings is 2. The SMILES string of the molecule is C=C(C)C(=O)Nc1cccc2c(OS(=O)(=O)C(F)(F)C(F)(F)C(F)(F)S(=O)(=O)O)cccc12. The highest BCUT2D eigenvalue weighted by atomic mass is 32.2. The molecule has 0 unspecified atom stereocenters. The summed E-state index contributed by atoms with van der Waals surface area (Å²) in [5.41, 5.74) is 0.0574. The number of carbonyl (C=O) groups is 1. The molecular weight excluding hydrogens is 508 g/mol. The lowest BCUT2D eigenvalue weighted by molar-refractivity contribution is -0.247. The number of anilines is 1. The normalized spacial score (nSPS) is 13.6. The van der Waals surface area contributed by atoms with Gasteiger partial charge in [-0.3, -0.25) is 9.35 Å². The van der Waals surface area contributed by atoms with Crippen molar-refractivity contribution in [1.82, 2.24) is 0 Å². The van der Waals surface area contributed by atoms with E-state index in [1.807, 2.05) is 0 Å². The Hall–Kier alpha value is -2.85. The van der Waals surface area contributed by atoms with Crippen molar-refractivity contribution in [2.75, 3.05) is 5.32 Å². The number of hydrogen-bond acceptors (Lipinski definition) is 6. The van der Waals surface area contributed by atoms with Crippen molar-refractivity contribution in [1.29, 1.82) is 0 Å². The Bertz CT molecular complexity index is 1340. The second-order valence-corrected chi connectivity index (χ2v) is 9.56. The van der Waals surface area contributed by atoms with Crippen LogP contribution < -0.4 is 9.50 Å². The molecule has 0 aliphatic heterocycles. The Balaban J connectivity index is 2.59. The molecule has 2 aromatic rings. The maximum atomic E-state index is 14.0. The van der Waals surface area contributed by atoms with Crippen molar-refractivity contribution < 1.29 is 56.7 Å². The lowest BCUT2D eigenvalue weighted by Crippen LogP contribution is -2.61. The number of hydrogen-bond donors (Lipinski definition) is 2. The van der Waals surface area contributed by atoms with Gasteiger partial charge in [0, 0.05) is 22.0 Å². The van der Waals surface area contributed by atoms with E-state index in [1.165, 1.54) is 25.1 Å². The summed E-state index contributed by atoms with van der Waals surface area (Å²) in [6.07, 6.45) is 0. The van der Waals surface area contributed by atoms with Crippen molar-refractivity contribution in [3.8, 4) is 5.75 Å². The van der Waals surface area contributed by atoms with Crippen LogP contribution in [0.15, 0.2) is 48.6 Å². The van der Waals surface area contributed by atoms with E-state index in [-0.39, 0.29) is 22.0 Å². The average molecular weight is 521 g/mol. The first-order chi connectivity index (χ1) is 14.8. The molecular formula is C17H13F6NO7S2. The van der Waals surface area contributed by atoms with E-state index in [0.717, 1.165) is 12.1 Å². The molecule has 2 N–H and O–H groups in total. The van der Waals surface area contributed by atoms with Crippen LogP contribution in [-0.2, 0) is 25.0 Å². The van der Waals surface area contributed by atoms with Crippen molar-refractivity contribution in [3.63, 3.8) is 0 Å². The van der Waals surface area contributed by atoms with Crippen LogP contribution in [0.1, 0.15) is 6.92 Å². The summed E-state index contributed by atoms with van der Waals surface area (Å²) in [4.78, 5) is 11.8. The molecule has 16 heteroatoms. The van der Waals surface area contributed by atoms with E-state index in [4.69, 9.17) is 4.55 Å². The minimum absolute atomic E-state index is 0.00153. The van der Waals surface area contributed by atoms with Crippen LogP contribution >= 0.6 is 0 Å². The zero-order chi connectivity index (χ0) is 25.6. The van der Waals surface area contributed by atoms with E-state index in [9.17, 15) is 48.0 Å². The summed E-state index contributed by atoms with van der Waals surface area (Å²) in [5, 5.41) is -11.7. The minimum Gasteiger partial charge on any atom is -0.377 e. The summed E-state index contributed by atoms with van der Waals surface area (Å²) >= 11 is 0. The number of carbonyl (C=O) groups excluding carboxylic acids is 1. The van der Waals surface area contributed by atoms with Gasteiger partial charge >= 0.3 is 36.7 Å². The average Bonchev–Trinajstić information content (AvgIpc) is 2.67. The summed E-state index contributed by atoms with van der Waals surface area (Å²) in [6.45, 7) is 4.75. The summed E-state index contributed by atoms with van der Waals surface area (Å²) in [5.74, 6) is -8.86. The van der Waals surface area contributed by atoms with Gasteiger partial charge in [0.25, 0.3) is 5.91 Å². The zero-order valence-electron chi connectivity index (χ0n) is 16.2. The van der Waals surface area contributed by atoms with E-state index in [0.29, 0.717) is 6.07 Å². The standard InChI is InChI=1S/C17H13F6NO7S2/c1-9(2)14(25)24-12-7-3-6-11-10(12)5-4-8-13(11)31-33(29,30)17(22,23)15(18,19)16(20,21)32(26,27)28/h3-8H,1H2,2H3,(H,24,25)(H,26,27,28). The van der Waals surface area contributed by atoms with Crippen LogP contribution in [0.25, 0.3) is 10.8 Å². The molecule has 0 aromatic heterocycles. The van der Waals surface area contributed by atoms with Crippen LogP contribution in [0.4, 0.5) is 32.0 Å². The van der Waals surface area contributed by atoms with Crippen molar-refractivity contribution in [2.45, 2.75) is 23.4 Å². The minimum atomic E-state index is -7.17. The van der Waals surface area contributed by atoms with Crippen molar-refractivity contribution in [2.24, 2.45) is 0 Å². The maximum Gasteiger partial charge on any atom is 0.450 e. The summed E-state index contributed by atoms with van der Waals surface area (Å²) in [7, 11) is -14.2. The number of rotatable bonds is 8. The Labute approximate surface area is 182 Å². The van der Waals surface area contributed by atoms with E-state index < -0.39 is 48.3 Å². The predicted octanol–water partition coefficient (Wildman–Crippen LogP) is 3.77. The fraction of sp³-hybridized carbons (Fsp3) is 0.235. The highest BCUT2D eigenvalue weighted by molar-refractivity contribution is 7.88. The van der Waals surface area contributed by atoms with Crippen LogP contribution in [-0.4, -0.2) is 43.7 Å². The lowest BCUT2D eigenvalue weighted by atomic mass is 10.1. The van der Waals surface area contributed by atoms with E-state index in [2.05, 4.69) is 16.1 Å². The van der Waals surface area contributed by atoms with Gasteiger partial charge in [-0.1, -0.05) is 30.8 Å². The molecule has 0 fully saturated rings. The van der Waals surface area contributed by atoms with Gasteiger partial charge in [-0.05, 0) is 19.1 Å². The van der Waals surface area contributed by atoms with Crippen molar-refractivity contribution >= 4 is 42.6 Å². The Morgan fingerprint density at radius 2 is 1.45 bits per heavy atom. The van der Waals surface area contributed by atoms with Gasteiger partial charge in [-0.2, -0.15) is 43.2 Å². The second-order valence-electron chi connectivity index (χ2n) is 6.51. The fourth-order valence-electron chi connectivity index (χ4n) is 2.35. The number of alkyl halides is 6. The van der Waals surface area contributed by atoms with E-state index >= 15 is 0 Å². The highest BCUT2D eigenvalue weighted by Crippen LogP contribution is 2.51. The van der Waals surface area contributed by atoms with Crippen molar-refractivity contribution in [3.05, 3.63) is 48.6 Å². The molecule has 2 rings (SSSR count). The smallest absolute Gasteiger partial charge is 0.377 e. The maximum absolute atomic E-state index is 14.0. The van der Waals surface area contributed by atoms with Gasteiger partial charge in [0.05, 0.1) is 0 Å². The van der Waals surface area contributed by atoms with Gasteiger partial charge in [0.2, 0.25) is 0 Å². The van der Waals surface area contributed by atoms with Crippen LogP contribution in [0.2, 0.25) is 0 Å². The Morgan fingerprint density at radius 1 is 0.939 bits per heavy atom. The molecule has 0 atom stereocenters. The molecule has 0 heterocycles. The van der Waals surface area contributed by atoms with Crippen LogP contribution in [0.5, 0.6) is 5.75 Å². The number of fused-ring (bicyclic) bond motifs is 1. The molecule has 0 radical (unpaired) electrons. The molecule has 0 aliphatic rings. The van der Waals surface area contributed by atoms with Gasteiger partial charge in [0.15, 0.2) is 5.75 Å². The molecule has 0 saturated carbocycles. The first kappa shape index (κ1) is 26.4. The molecule has 1 amide bonds. The monoisotopic (exact) mass is 521 g/mol. The largest absolute Gasteiger partial charge is 0.450 e. The van der Waals surface area contributed by atoms with Gasteiger partial charge in [-0.15, -0.1) is 0 Å². The number of amides is 1. The number of halogens is 6. The quantitative estimate of drug-likeness (QED) is 0.234. The van der Waals surface area contributed by atoms with Gasteiger partial charge in [-0.25, -0.2) is 0 Å². The number of nitrogens with one attached hydrogen (secondary N) is 1. The third kappa shape index (κ3) is 4.37. The third-order valence-corrected chi connectivity index (χ3v) is 6.27. The van der Waals surface area contributed by atoms with Gasteiger partial charge < -0.3 is 9.50 Å². The topological polar surface area (TPSA) is 127 Å². The predicted molar refractivity (Wildman–Crippen MR) is 103 cm³/mol. The molecule has 0 spiro atoms. The summed E-state index contributed by atoms with van der Waals surface area (Å²) in [6, 6.07) is 6.53. The zero-order valence-corrected chi connectivity index (χ0v) is 17.8. The Kier molecular flexibility index (Phi) is 6.54. The molecule has 2 aromatic carbocycles. The fourth-order valence-corrected chi connectivity index (χ4v) is 3.80. The molecule has 0 aliphatic carbocycles. The highest BCUT2D eigenvalue weighted by Gasteiger charge is 2.83. The molecule has 33 heavy (non-hydrogen) atoms. The van der Waals surface area contributed by atoms with Gasteiger partial charge in [0.1, 0.15) is 0 Å². The molecule has 0 saturated heterocycles.